The molecule has 0 aromatic heterocycles. The van der Waals surface area contributed by atoms with E-state index in [0.717, 1.165) is 18.1 Å². The molecule has 0 amide bonds. The summed E-state index contributed by atoms with van der Waals surface area (Å²) in [6, 6.07) is 15.1. The second-order valence-corrected chi connectivity index (χ2v) is 6.00. The first-order valence-corrected chi connectivity index (χ1v) is 8.01. The van der Waals surface area contributed by atoms with Crippen molar-refractivity contribution in [2.75, 3.05) is 18.5 Å². The van der Waals surface area contributed by atoms with E-state index < -0.39 is 11.7 Å². The van der Waals surface area contributed by atoms with Crippen molar-refractivity contribution in [2.45, 2.75) is 18.7 Å². The van der Waals surface area contributed by atoms with E-state index in [1.165, 1.54) is 12.1 Å². The van der Waals surface area contributed by atoms with Gasteiger partial charge in [0.25, 0.3) is 0 Å². The Balaban J connectivity index is 1.72. The highest BCUT2D eigenvalue weighted by atomic mass is 19.4. The van der Waals surface area contributed by atoms with Crippen molar-refractivity contribution in [1.82, 2.24) is 0 Å². The van der Waals surface area contributed by atoms with E-state index >= 15 is 0 Å². The second kappa shape index (κ2) is 7.16. The third-order valence-electron chi connectivity index (χ3n) is 4.36. The van der Waals surface area contributed by atoms with Crippen LogP contribution in [0.4, 0.5) is 18.9 Å². The average molecular weight is 346 g/mol. The summed E-state index contributed by atoms with van der Waals surface area (Å²) >= 11 is 0. The molecule has 1 fully saturated rings. The van der Waals surface area contributed by atoms with Crippen molar-refractivity contribution in [3.05, 3.63) is 65.2 Å². The first-order valence-electron chi connectivity index (χ1n) is 8.01. The van der Waals surface area contributed by atoms with Gasteiger partial charge in [-0.3, -0.25) is 0 Å². The molecule has 0 bridgehead atoms. The van der Waals surface area contributed by atoms with E-state index in [9.17, 15) is 13.2 Å². The Kier molecular flexibility index (Phi) is 4.95. The van der Waals surface area contributed by atoms with Crippen molar-refractivity contribution in [3.63, 3.8) is 0 Å². The largest absolute Gasteiger partial charge is 0.417 e. The van der Waals surface area contributed by atoms with Crippen LogP contribution in [0, 0.1) is 17.2 Å². The molecule has 0 aliphatic carbocycles. The number of hydrogen-bond acceptors (Lipinski definition) is 3. The van der Waals surface area contributed by atoms with Crippen LogP contribution in [0.1, 0.15) is 29.2 Å². The molecule has 3 rings (SSSR count). The molecule has 2 unspecified atom stereocenters. The van der Waals surface area contributed by atoms with Gasteiger partial charge in [0.1, 0.15) is 0 Å². The lowest BCUT2D eigenvalue weighted by atomic mass is 9.95. The van der Waals surface area contributed by atoms with Crippen molar-refractivity contribution >= 4 is 5.69 Å². The van der Waals surface area contributed by atoms with Gasteiger partial charge in [0, 0.05) is 24.8 Å². The fraction of sp³-hybridized carbons (Fsp3) is 0.316. The zero-order valence-corrected chi connectivity index (χ0v) is 13.4. The van der Waals surface area contributed by atoms with Crippen LogP contribution in [-0.2, 0) is 10.9 Å². The molecular formula is C19H17F3N2O. The average Bonchev–Trinajstić information content (AvgIpc) is 3.08. The van der Waals surface area contributed by atoms with E-state index in [2.05, 4.69) is 5.32 Å². The monoisotopic (exact) mass is 346 g/mol. The number of nitrogens with one attached hydrogen (secondary N) is 1. The Morgan fingerprint density at radius 2 is 1.92 bits per heavy atom. The third kappa shape index (κ3) is 3.94. The summed E-state index contributed by atoms with van der Waals surface area (Å²) in [5.74, 6) is 0.174. The summed E-state index contributed by atoms with van der Waals surface area (Å²) in [7, 11) is 0. The van der Waals surface area contributed by atoms with Crippen LogP contribution in [0.2, 0.25) is 0 Å². The number of alkyl halides is 3. The highest BCUT2D eigenvalue weighted by molar-refractivity contribution is 5.53. The Labute approximate surface area is 144 Å². The fourth-order valence-electron chi connectivity index (χ4n) is 3.09. The summed E-state index contributed by atoms with van der Waals surface area (Å²) in [4.78, 5) is 0. The van der Waals surface area contributed by atoms with Crippen LogP contribution in [0.15, 0.2) is 48.5 Å². The molecule has 1 N–H and O–H groups in total. The van der Waals surface area contributed by atoms with Gasteiger partial charge in [-0.2, -0.15) is 18.4 Å². The van der Waals surface area contributed by atoms with Crippen molar-refractivity contribution in [3.8, 4) is 6.07 Å². The number of rotatable bonds is 4. The number of nitriles is 1. The van der Waals surface area contributed by atoms with Gasteiger partial charge in [0.15, 0.2) is 0 Å². The van der Waals surface area contributed by atoms with Gasteiger partial charge < -0.3 is 10.1 Å². The molecule has 0 radical (unpaired) electrons. The van der Waals surface area contributed by atoms with Gasteiger partial charge in [-0.15, -0.1) is 0 Å². The van der Waals surface area contributed by atoms with E-state index in [-0.39, 0.29) is 17.6 Å². The van der Waals surface area contributed by atoms with Gasteiger partial charge in [-0.25, -0.2) is 0 Å². The van der Waals surface area contributed by atoms with E-state index in [1.807, 2.05) is 30.3 Å². The Bertz CT molecular complexity index is 768. The number of nitrogens with zero attached hydrogens (tertiary/aromatic N) is 1. The molecule has 0 spiro atoms. The highest BCUT2D eigenvalue weighted by Gasteiger charge is 2.34. The van der Waals surface area contributed by atoms with Gasteiger partial charge in [-0.05, 0) is 30.2 Å². The quantitative estimate of drug-likeness (QED) is 0.867. The molecule has 6 heteroatoms. The minimum absolute atomic E-state index is 0.0610. The zero-order chi connectivity index (χ0) is 17.9. The van der Waals surface area contributed by atoms with Gasteiger partial charge in [-0.1, -0.05) is 30.3 Å². The lowest BCUT2D eigenvalue weighted by molar-refractivity contribution is -0.137. The van der Waals surface area contributed by atoms with Crippen molar-refractivity contribution in [1.29, 1.82) is 5.26 Å². The number of halogens is 3. The van der Waals surface area contributed by atoms with Gasteiger partial charge in [0.05, 0.1) is 23.3 Å². The number of hydrogen-bond donors (Lipinski definition) is 1. The number of benzene rings is 2. The molecule has 1 aliphatic rings. The van der Waals surface area contributed by atoms with Crippen LogP contribution >= 0.6 is 0 Å². The molecule has 2 atom stereocenters. The Morgan fingerprint density at radius 1 is 1.16 bits per heavy atom. The predicted octanol–water partition coefficient (Wildman–Crippen LogP) is 4.77. The minimum atomic E-state index is -4.55. The van der Waals surface area contributed by atoms with E-state index in [1.54, 1.807) is 6.07 Å². The molecular weight excluding hydrogens is 329 g/mol. The van der Waals surface area contributed by atoms with Crippen LogP contribution in [0.25, 0.3) is 0 Å². The minimum Gasteiger partial charge on any atom is -0.385 e. The van der Waals surface area contributed by atoms with Crippen molar-refractivity contribution in [2.24, 2.45) is 5.92 Å². The molecule has 2 aromatic carbocycles. The molecule has 1 heterocycles. The summed E-state index contributed by atoms with van der Waals surface area (Å²) in [6.07, 6.45) is -3.77. The van der Waals surface area contributed by atoms with Gasteiger partial charge in [0.2, 0.25) is 0 Å². The summed E-state index contributed by atoms with van der Waals surface area (Å²) in [6.45, 7) is 1.13. The van der Waals surface area contributed by atoms with Crippen molar-refractivity contribution < 1.29 is 17.9 Å². The summed E-state index contributed by atoms with van der Waals surface area (Å²) < 4.78 is 44.9. The fourth-order valence-corrected chi connectivity index (χ4v) is 3.09. The smallest absolute Gasteiger partial charge is 0.385 e. The maximum atomic E-state index is 13.0. The molecule has 1 aliphatic heterocycles. The number of anilines is 1. The molecule has 25 heavy (non-hydrogen) atoms. The highest BCUT2D eigenvalue weighted by Crippen LogP contribution is 2.36. The first-order chi connectivity index (χ1) is 12.0. The maximum absolute atomic E-state index is 13.0. The van der Waals surface area contributed by atoms with Crippen LogP contribution < -0.4 is 5.32 Å². The lowest BCUT2D eigenvalue weighted by Crippen LogP contribution is -2.18. The second-order valence-electron chi connectivity index (χ2n) is 6.00. The molecule has 3 nitrogen and oxygen atoms in total. The first kappa shape index (κ1) is 17.3. The van der Waals surface area contributed by atoms with E-state index in [4.69, 9.17) is 10.00 Å². The lowest BCUT2D eigenvalue weighted by Gasteiger charge is -2.20. The van der Waals surface area contributed by atoms with Crippen LogP contribution in [0.3, 0.4) is 0 Å². The molecule has 2 aromatic rings. The topological polar surface area (TPSA) is 45.0 Å². The molecule has 0 saturated carbocycles. The maximum Gasteiger partial charge on any atom is 0.417 e. The number of ether oxygens (including phenoxy) is 1. The zero-order valence-electron chi connectivity index (χ0n) is 13.4. The standard InChI is InChI=1S/C19H17F3N2O/c20-19(21,22)17-10-16(7-6-14(17)11-23)24-12-15-8-9-25-18(15)13-4-2-1-3-5-13/h1-7,10,15,18,24H,8-9,12H2. The normalized spacial score (nSPS) is 20.2. The molecule has 130 valence electrons. The van der Waals surface area contributed by atoms with Crippen LogP contribution in [-0.4, -0.2) is 13.2 Å². The van der Waals surface area contributed by atoms with E-state index in [0.29, 0.717) is 18.8 Å². The predicted molar refractivity (Wildman–Crippen MR) is 87.9 cm³/mol. The SMILES string of the molecule is N#Cc1ccc(NCC2CCOC2c2ccccc2)cc1C(F)(F)F. The van der Waals surface area contributed by atoms with Gasteiger partial charge >= 0.3 is 6.18 Å². The van der Waals surface area contributed by atoms with Crippen LogP contribution in [0.5, 0.6) is 0 Å². The Hall–Kier alpha value is -2.52. The molecule has 1 saturated heterocycles. The summed E-state index contributed by atoms with van der Waals surface area (Å²) in [5, 5.41) is 11.9. The summed E-state index contributed by atoms with van der Waals surface area (Å²) in [5.41, 5.74) is 0.138. The Morgan fingerprint density at radius 3 is 2.60 bits per heavy atom. The third-order valence-corrected chi connectivity index (χ3v) is 4.36.